The summed E-state index contributed by atoms with van der Waals surface area (Å²) in [6, 6.07) is 31.1. The van der Waals surface area contributed by atoms with Gasteiger partial charge in [-0.1, -0.05) is 60.7 Å². The van der Waals surface area contributed by atoms with Gasteiger partial charge >= 0.3 is 0 Å². The highest BCUT2D eigenvalue weighted by molar-refractivity contribution is 7.92. The minimum absolute atomic E-state index is 0.00837. The number of nitro benzene ring substituents is 1. The van der Waals surface area contributed by atoms with Gasteiger partial charge in [0, 0.05) is 24.2 Å². The summed E-state index contributed by atoms with van der Waals surface area (Å²) < 4.78 is 28.6. The Morgan fingerprint density at radius 2 is 1.56 bits per heavy atom. The quantitative estimate of drug-likeness (QED) is 0.258. The molecule has 1 heterocycles. The maximum absolute atomic E-state index is 13.0. The maximum Gasteiger partial charge on any atom is 0.269 e. The number of benzene rings is 4. The van der Waals surface area contributed by atoms with Crippen molar-refractivity contribution in [1.29, 1.82) is 0 Å². The minimum Gasteiger partial charge on any atom is -0.280 e. The van der Waals surface area contributed by atoms with E-state index in [2.05, 4.69) is 4.72 Å². The Bertz CT molecular complexity index is 1540. The molecule has 4 aromatic carbocycles. The van der Waals surface area contributed by atoms with E-state index in [-0.39, 0.29) is 16.6 Å². The predicted octanol–water partition coefficient (Wildman–Crippen LogP) is 5.75. The van der Waals surface area contributed by atoms with Crippen molar-refractivity contribution in [2.75, 3.05) is 9.73 Å². The fourth-order valence-corrected chi connectivity index (χ4v) is 5.28. The van der Waals surface area contributed by atoms with E-state index in [1.54, 1.807) is 48.5 Å². The van der Waals surface area contributed by atoms with Crippen LogP contribution in [0.15, 0.2) is 119 Å². The first-order chi connectivity index (χ1) is 17.4. The number of anilines is 2. The van der Waals surface area contributed by atoms with Crippen LogP contribution < -0.4 is 9.73 Å². The Morgan fingerprint density at radius 3 is 2.28 bits per heavy atom. The van der Waals surface area contributed by atoms with Gasteiger partial charge in [-0.2, -0.15) is 5.10 Å². The number of rotatable bonds is 7. The summed E-state index contributed by atoms with van der Waals surface area (Å²) in [5.41, 5.74) is 3.42. The maximum atomic E-state index is 13.0. The molecular weight excluding hydrogens is 476 g/mol. The lowest BCUT2D eigenvalue weighted by atomic mass is 9.98. The highest BCUT2D eigenvalue weighted by atomic mass is 32.2. The predicted molar refractivity (Wildman–Crippen MR) is 140 cm³/mol. The first-order valence-electron chi connectivity index (χ1n) is 11.3. The molecule has 1 aliphatic heterocycles. The van der Waals surface area contributed by atoms with Crippen molar-refractivity contribution in [2.24, 2.45) is 5.10 Å². The van der Waals surface area contributed by atoms with Crippen LogP contribution in [-0.4, -0.2) is 19.1 Å². The van der Waals surface area contributed by atoms with Crippen molar-refractivity contribution in [2.45, 2.75) is 17.4 Å². The monoisotopic (exact) mass is 498 g/mol. The van der Waals surface area contributed by atoms with Gasteiger partial charge in [0.25, 0.3) is 15.7 Å². The van der Waals surface area contributed by atoms with E-state index in [0.717, 1.165) is 11.3 Å². The standard InChI is InChI=1S/C27H22N4O4S/c32-31(33)24-15-7-10-21(17-24)27-19-26(28-30(27)23-13-5-2-6-14-23)20-9-8-16-25(18-20)36(34,35)29-22-11-3-1-4-12-22/h1-18,27,29H,19H2. The van der Waals surface area contributed by atoms with Crippen molar-refractivity contribution < 1.29 is 13.3 Å². The molecule has 9 heteroatoms. The zero-order valence-corrected chi connectivity index (χ0v) is 19.9. The van der Waals surface area contributed by atoms with Gasteiger partial charge in [-0.05, 0) is 47.5 Å². The lowest BCUT2D eigenvalue weighted by molar-refractivity contribution is -0.384. The van der Waals surface area contributed by atoms with Gasteiger partial charge in [0.2, 0.25) is 0 Å². The zero-order valence-electron chi connectivity index (χ0n) is 19.1. The van der Waals surface area contributed by atoms with Crippen LogP contribution in [0.25, 0.3) is 0 Å². The largest absolute Gasteiger partial charge is 0.280 e. The van der Waals surface area contributed by atoms with E-state index in [1.165, 1.54) is 12.1 Å². The van der Waals surface area contributed by atoms with Crippen LogP contribution in [-0.2, 0) is 10.0 Å². The summed E-state index contributed by atoms with van der Waals surface area (Å²) in [4.78, 5) is 11.1. The van der Waals surface area contributed by atoms with Crippen molar-refractivity contribution in [3.05, 3.63) is 130 Å². The fourth-order valence-electron chi connectivity index (χ4n) is 4.17. The molecule has 0 spiro atoms. The number of nitro groups is 1. The summed E-state index contributed by atoms with van der Waals surface area (Å²) in [6.07, 6.45) is 0.450. The molecule has 1 aliphatic rings. The molecule has 8 nitrogen and oxygen atoms in total. The number of nitrogens with zero attached hydrogens (tertiary/aromatic N) is 3. The highest BCUT2D eigenvalue weighted by Crippen LogP contribution is 2.37. The van der Waals surface area contributed by atoms with Gasteiger partial charge in [-0.3, -0.25) is 19.8 Å². The molecule has 0 aliphatic carbocycles. The molecule has 0 fully saturated rings. The minimum atomic E-state index is -3.81. The average molecular weight is 499 g/mol. The van der Waals surface area contributed by atoms with E-state index in [0.29, 0.717) is 23.4 Å². The average Bonchev–Trinajstić information content (AvgIpc) is 3.35. The zero-order chi connectivity index (χ0) is 25.1. The van der Waals surface area contributed by atoms with Crippen molar-refractivity contribution in [3.63, 3.8) is 0 Å². The summed E-state index contributed by atoms with van der Waals surface area (Å²) in [5, 5.41) is 18.0. The van der Waals surface area contributed by atoms with Crippen molar-refractivity contribution in [1.82, 2.24) is 0 Å². The summed E-state index contributed by atoms with van der Waals surface area (Å²) >= 11 is 0. The lowest BCUT2D eigenvalue weighted by Gasteiger charge is -2.23. The van der Waals surface area contributed by atoms with Gasteiger partial charge in [0.05, 0.1) is 27.3 Å². The van der Waals surface area contributed by atoms with E-state index >= 15 is 0 Å². The number of para-hydroxylation sites is 2. The second kappa shape index (κ2) is 9.63. The third-order valence-electron chi connectivity index (χ3n) is 5.90. The third kappa shape index (κ3) is 4.82. The van der Waals surface area contributed by atoms with E-state index < -0.39 is 14.9 Å². The van der Waals surface area contributed by atoms with Crippen molar-refractivity contribution >= 4 is 32.8 Å². The van der Waals surface area contributed by atoms with Crippen LogP contribution in [0.2, 0.25) is 0 Å². The summed E-state index contributed by atoms with van der Waals surface area (Å²) in [5.74, 6) is 0. The van der Waals surface area contributed by atoms with E-state index in [4.69, 9.17) is 5.10 Å². The normalized spacial score (nSPS) is 15.4. The first-order valence-corrected chi connectivity index (χ1v) is 12.7. The molecule has 36 heavy (non-hydrogen) atoms. The molecular formula is C27H22N4O4S. The molecule has 0 bridgehead atoms. The van der Waals surface area contributed by atoms with Gasteiger partial charge in [0.1, 0.15) is 0 Å². The topological polar surface area (TPSA) is 105 Å². The number of nitrogens with one attached hydrogen (secondary N) is 1. The van der Waals surface area contributed by atoms with Crippen LogP contribution in [0.3, 0.4) is 0 Å². The molecule has 0 radical (unpaired) electrons. The van der Waals surface area contributed by atoms with Gasteiger partial charge in [0.15, 0.2) is 0 Å². The molecule has 1 unspecified atom stereocenters. The summed E-state index contributed by atoms with van der Waals surface area (Å²) in [7, 11) is -3.81. The van der Waals surface area contributed by atoms with Gasteiger partial charge in [-0.25, -0.2) is 8.42 Å². The smallest absolute Gasteiger partial charge is 0.269 e. The molecule has 0 saturated carbocycles. The van der Waals surface area contributed by atoms with Crippen molar-refractivity contribution in [3.8, 4) is 0 Å². The van der Waals surface area contributed by atoms with E-state index in [9.17, 15) is 18.5 Å². The van der Waals surface area contributed by atoms with Crippen LogP contribution in [0.4, 0.5) is 17.1 Å². The third-order valence-corrected chi connectivity index (χ3v) is 7.28. The van der Waals surface area contributed by atoms with Crippen LogP contribution in [0.1, 0.15) is 23.6 Å². The SMILES string of the molecule is O=[N+]([O-])c1cccc(C2CC(c3cccc(S(=O)(=O)Nc4ccccc4)c3)=NN2c2ccccc2)c1. The Balaban J connectivity index is 1.50. The fraction of sp³-hybridized carbons (Fsp3) is 0.0741. The first kappa shape index (κ1) is 23.3. The van der Waals surface area contributed by atoms with Crippen LogP contribution >= 0.6 is 0 Å². The molecule has 5 rings (SSSR count). The molecule has 0 aromatic heterocycles. The van der Waals surface area contributed by atoms with Crippen LogP contribution in [0.5, 0.6) is 0 Å². The second-order valence-electron chi connectivity index (χ2n) is 8.30. The van der Waals surface area contributed by atoms with E-state index in [1.807, 2.05) is 53.5 Å². The van der Waals surface area contributed by atoms with Crippen LogP contribution in [0, 0.1) is 10.1 Å². The molecule has 1 N–H and O–H groups in total. The van der Waals surface area contributed by atoms with Gasteiger partial charge in [-0.15, -0.1) is 0 Å². The summed E-state index contributed by atoms with van der Waals surface area (Å²) in [6.45, 7) is 0. The Labute approximate surface area is 208 Å². The lowest BCUT2D eigenvalue weighted by Crippen LogP contribution is -2.18. The molecule has 4 aromatic rings. The number of hydrazone groups is 1. The molecule has 0 amide bonds. The Kier molecular flexibility index (Phi) is 6.22. The number of hydrogen-bond donors (Lipinski definition) is 1. The molecule has 1 atom stereocenters. The Morgan fingerprint density at radius 1 is 0.861 bits per heavy atom. The number of sulfonamides is 1. The molecule has 0 saturated heterocycles. The molecule has 180 valence electrons. The second-order valence-corrected chi connectivity index (χ2v) is 9.98. The number of non-ortho nitro benzene ring substituents is 1. The van der Waals surface area contributed by atoms with Gasteiger partial charge < -0.3 is 0 Å². The Hall–Kier alpha value is -4.50. The number of hydrogen-bond acceptors (Lipinski definition) is 6. The highest BCUT2D eigenvalue weighted by Gasteiger charge is 2.31.